The van der Waals surface area contributed by atoms with Crippen molar-refractivity contribution in [2.24, 2.45) is 0 Å². The lowest BCUT2D eigenvalue weighted by atomic mass is 10.2. The van der Waals surface area contributed by atoms with E-state index in [9.17, 15) is 25.0 Å². The average molecular weight is 329 g/mol. The molecule has 22 heavy (non-hydrogen) atoms. The first kappa shape index (κ1) is 17.0. The maximum absolute atomic E-state index is 11.1. The molecule has 0 bridgehead atoms. The number of nitrogens with one attached hydrogen (secondary N) is 3. The number of thiocarbonyl (C=S) groups is 1. The topological polar surface area (TPSA) is 149 Å². The number of nitro groups is 2. The number of hydrazine groups is 1. The van der Waals surface area contributed by atoms with Gasteiger partial charge in [-0.25, -0.2) is 4.79 Å². The van der Waals surface area contributed by atoms with Crippen LogP contribution in [0.1, 0.15) is 6.92 Å². The van der Waals surface area contributed by atoms with Gasteiger partial charge in [-0.05, 0) is 25.2 Å². The Morgan fingerprint density at radius 3 is 2.55 bits per heavy atom. The van der Waals surface area contributed by atoms with Gasteiger partial charge in [-0.15, -0.1) is 0 Å². The van der Waals surface area contributed by atoms with E-state index < -0.39 is 27.3 Å². The van der Waals surface area contributed by atoms with E-state index in [1.54, 1.807) is 6.92 Å². The van der Waals surface area contributed by atoms with E-state index >= 15 is 0 Å². The third kappa shape index (κ3) is 4.82. The SMILES string of the molecule is CCOC(=O)NC(=S)NNc1ccc([N+](=O)[O-])cc1[N+](=O)[O-]. The number of nitro benzene ring substituents is 2. The normalized spacial score (nSPS) is 9.50. The molecule has 0 saturated heterocycles. The summed E-state index contributed by atoms with van der Waals surface area (Å²) in [5, 5.41) is 23.5. The molecule has 0 radical (unpaired) electrons. The molecule has 1 amide bonds. The lowest BCUT2D eigenvalue weighted by Gasteiger charge is -2.11. The molecule has 0 saturated carbocycles. The molecule has 1 aromatic carbocycles. The molecule has 1 rings (SSSR count). The van der Waals surface area contributed by atoms with E-state index in [4.69, 9.17) is 12.2 Å². The quantitative estimate of drug-likeness (QED) is 0.414. The van der Waals surface area contributed by atoms with E-state index in [1.807, 2.05) is 0 Å². The van der Waals surface area contributed by atoms with Crippen LogP contribution in [0, 0.1) is 20.2 Å². The van der Waals surface area contributed by atoms with Crippen molar-refractivity contribution in [2.45, 2.75) is 6.92 Å². The molecule has 118 valence electrons. The predicted molar refractivity (Wildman–Crippen MR) is 79.3 cm³/mol. The minimum atomic E-state index is -0.793. The third-order valence-corrected chi connectivity index (χ3v) is 2.39. The van der Waals surface area contributed by atoms with Gasteiger partial charge in [0.15, 0.2) is 5.11 Å². The largest absolute Gasteiger partial charge is 0.450 e. The lowest BCUT2D eigenvalue weighted by Crippen LogP contribution is -2.42. The number of hydrogen-bond donors (Lipinski definition) is 3. The molecular formula is C10H11N5O6S. The van der Waals surface area contributed by atoms with Crippen molar-refractivity contribution in [1.82, 2.24) is 10.7 Å². The van der Waals surface area contributed by atoms with Gasteiger partial charge in [-0.2, -0.15) is 0 Å². The molecule has 0 unspecified atom stereocenters. The number of benzene rings is 1. The van der Waals surface area contributed by atoms with Crippen molar-refractivity contribution in [3.8, 4) is 0 Å². The summed E-state index contributed by atoms with van der Waals surface area (Å²) >= 11 is 4.76. The number of amides is 1. The molecule has 0 atom stereocenters. The number of ether oxygens (including phenoxy) is 1. The zero-order valence-electron chi connectivity index (χ0n) is 11.2. The molecular weight excluding hydrogens is 318 g/mol. The number of carbonyl (C=O) groups is 1. The Bertz CT molecular complexity index is 622. The van der Waals surface area contributed by atoms with Crippen LogP contribution in [0.4, 0.5) is 21.9 Å². The first-order valence-corrected chi connectivity index (χ1v) is 6.18. The standard InChI is InChI=1S/C10H11N5O6S/c1-2-21-10(16)11-9(22)13-12-7-4-3-6(14(17)18)5-8(7)15(19)20/h3-5,12H,2H2,1H3,(H2,11,13,16,22). The molecule has 0 aliphatic carbocycles. The third-order valence-electron chi connectivity index (χ3n) is 2.19. The van der Waals surface area contributed by atoms with Gasteiger partial charge >= 0.3 is 11.8 Å². The number of hydrogen-bond acceptors (Lipinski definition) is 8. The van der Waals surface area contributed by atoms with Crippen LogP contribution in [0.2, 0.25) is 0 Å². The van der Waals surface area contributed by atoms with Crippen LogP contribution < -0.4 is 16.2 Å². The summed E-state index contributed by atoms with van der Waals surface area (Å²) in [6.45, 7) is 1.75. The Hall–Kier alpha value is -3.02. The number of alkyl carbamates (subject to hydrolysis) is 1. The van der Waals surface area contributed by atoms with E-state index in [0.717, 1.165) is 18.2 Å². The zero-order chi connectivity index (χ0) is 16.7. The van der Waals surface area contributed by atoms with Crippen LogP contribution in [0.15, 0.2) is 18.2 Å². The molecule has 0 heterocycles. The van der Waals surface area contributed by atoms with Gasteiger partial charge < -0.3 is 4.74 Å². The molecule has 12 heteroatoms. The highest BCUT2D eigenvalue weighted by Gasteiger charge is 2.19. The molecule has 3 N–H and O–H groups in total. The molecule has 0 fully saturated rings. The molecule has 0 spiro atoms. The number of non-ortho nitro benzene ring substituents is 1. The summed E-state index contributed by atoms with van der Waals surface area (Å²) < 4.78 is 4.58. The summed E-state index contributed by atoms with van der Waals surface area (Å²) in [4.78, 5) is 31.0. The maximum atomic E-state index is 11.1. The first-order valence-electron chi connectivity index (χ1n) is 5.77. The monoisotopic (exact) mass is 329 g/mol. The van der Waals surface area contributed by atoms with E-state index in [0.29, 0.717) is 0 Å². The van der Waals surface area contributed by atoms with Gasteiger partial charge in [0.25, 0.3) is 5.69 Å². The molecule has 0 aliphatic heterocycles. The summed E-state index contributed by atoms with van der Waals surface area (Å²) in [6, 6.07) is 3.01. The Balaban J connectivity index is 2.77. The van der Waals surface area contributed by atoms with Crippen molar-refractivity contribution in [2.75, 3.05) is 12.0 Å². The highest BCUT2D eigenvalue weighted by molar-refractivity contribution is 7.80. The number of rotatable bonds is 5. The molecule has 0 aromatic heterocycles. The minimum Gasteiger partial charge on any atom is -0.450 e. The first-order chi connectivity index (χ1) is 10.3. The highest BCUT2D eigenvalue weighted by Crippen LogP contribution is 2.28. The zero-order valence-corrected chi connectivity index (χ0v) is 12.0. The Morgan fingerprint density at radius 2 is 2.00 bits per heavy atom. The van der Waals surface area contributed by atoms with Gasteiger partial charge in [0.1, 0.15) is 5.69 Å². The lowest BCUT2D eigenvalue weighted by molar-refractivity contribution is -0.393. The van der Waals surface area contributed by atoms with Crippen LogP contribution >= 0.6 is 12.2 Å². The van der Waals surface area contributed by atoms with Crippen molar-refractivity contribution in [1.29, 1.82) is 0 Å². The van der Waals surface area contributed by atoms with Crippen molar-refractivity contribution >= 4 is 40.5 Å². The van der Waals surface area contributed by atoms with Crippen molar-refractivity contribution < 1.29 is 19.4 Å². The minimum absolute atomic E-state index is 0.0661. The highest BCUT2D eigenvalue weighted by atomic mass is 32.1. The number of carbonyl (C=O) groups excluding carboxylic acids is 1. The average Bonchev–Trinajstić information content (AvgIpc) is 2.44. The van der Waals surface area contributed by atoms with Gasteiger partial charge in [-0.3, -0.25) is 36.4 Å². The van der Waals surface area contributed by atoms with Gasteiger partial charge in [-0.1, -0.05) is 0 Å². The van der Waals surface area contributed by atoms with E-state index in [1.165, 1.54) is 0 Å². The molecule has 1 aromatic rings. The van der Waals surface area contributed by atoms with Crippen molar-refractivity contribution in [3.63, 3.8) is 0 Å². The van der Waals surface area contributed by atoms with E-state index in [2.05, 4.69) is 20.9 Å². The van der Waals surface area contributed by atoms with Crippen LogP contribution in [-0.4, -0.2) is 27.7 Å². The summed E-state index contributed by atoms with van der Waals surface area (Å²) in [5.74, 6) is 0. The summed E-state index contributed by atoms with van der Waals surface area (Å²) in [6.07, 6.45) is -0.792. The summed E-state index contributed by atoms with van der Waals surface area (Å²) in [7, 11) is 0. The molecule has 11 nitrogen and oxygen atoms in total. The fourth-order valence-electron chi connectivity index (χ4n) is 1.31. The van der Waals surface area contributed by atoms with E-state index in [-0.39, 0.29) is 17.4 Å². The second-order valence-corrected chi connectivity index (χ2v) is 4.05. The number of nitrogens with zero attached hydrogens (tertiary/aromatic N) is 2. The fraction of sp³-hybridized carbons (Fsp3) is 0.200. The van der Waals surface area contributed by atoms with Crippen LogP contribution in [-0.2, 0) is 4.74 Å². The van der Waals surface area contributed by atoms with Crippen LogP contribution in [0.25, 0.3) is 0 Å². The number of anilines is 1. The van der Waals surface area contributed by atoms with Crippen LogP contribution in [0.5, 0.6) is 0 Å². The Labute approximate surface area is 128 Å². The smallest absolute Gasteiger partial charge is 0.413 e. The van der Waals surface area contributed by atoms with Crippen molar-refractivity contribution in [3.05, 3.63) is 38.4 Å². The van der Waals surface area contributed by atoms with Gasteiger partial charge in [0.05, 0.1) is 22.5 Å². The van der Waals surface area contributed by atoms with Gasteiger partial charge in [0.2, 0.25) is 0 Å². The van der Waals surface area contributed by atoms with Gasteiger partial charge in [0, 0.05) is 6.07 Å². The second kappa shape index (κ2) is 7.68. The Kier molecular flexibility index (Phi) is 5.95. The predicted octanol–water partition coefficient (Wildman–Crippen LogP) is 1.45. The Morgan fingerprint density at radius 1 is 1.32 bits per heavy atom. The fourth-order valence-corrected chi connectivity index (χ4v) is 1.44. The molecule has 0 aliphatic rings. The summed E-state index contributed by atoms with van der Waals surface area (Å²) in [5.41, 5.74) is 3.69. The second-order valence-electron chi connectivity index (χ2n) is 3.64. The maximum Gasteiger partial charge on any atom is 0.413 e. The van der Waals surface area contributed by atoms with Crippen LogP contribution in [0.3, 0.4) is 0 Å².